The van der Waals surface area contributed by atoms with E-state index in [0.29, 0.717) is 5.56 Å². The number of esters is 2. The normalized spacial score (nSPS) is 11.6. The lowest BCUT2D eigenvalue weighted by molar-refractivity contribution is 0.0314. The van der Waals surface area contributed by atoms with Gasteiger partial charge in [0.1, 0.15) is 17.3 Å². The molecule has 0 saturated carbocycles. The Morgan fingerprint density at radius 3 is 1.82 bits per heavy atom. The van der Waals surface area contributed by atoms with Crippen LogP contribution in [0, 0.1) is 5.82 Å². The second kappa shape index (κ2) is 19.6. The number of unbranched alkanes of at least 4 members (excludes halogenated alkanes) is 10. The number of hydrogen-bond acceptors (Lipinski definition) is 5. The Kier molecular flexibility index (Phi) is 15.5. The molecule has 0 saturated heterocycles. The molecule has 0 amide bonds. The second-order valence-corrected chi connectivity index (χ2v) is 11.5. The van der Waals surface area contributed by atoms with Crippen LogP contribution in [0.5, 0.6) is 11.5 Å². The fraction of sp³-hybridized carbons (Fsp3) is 0.474. The average molecular weight is 605 g/mol. The number of benzene rings is 3. The molecule has 3 aromatic rings. The summed E-state index contributed by atoms with van der Waals surface area (Å²) in [5.74, 6) is -1.26. The molecule has 0 aliphatic carbocycles. The molecule has 0 heterocycles. The SMILES string of the molecule is CCCCCCCCCCOc1ccc(-c2ccc(C(=O)Oc3ccc(C(=O)O[C@H](C)CCCCCC)c(F)c3)cc2)cc1. The van der Waals surface area contributed by atoms with Crippen LogP contribution in [0.1, 0.15) is 125 Å². The first-order chi connectivity index (χ1) is 21.4. The first kappa shape index (κ1) is 34.8. The lowest BCUT2D eigenvalue weighted by Crippen LogP contribution is -2.16. The van der Waals surface area contributed by atoms with Crippen molar-refractivity contribution in [2.75, 3.05) is 6.61 Å². The van der Waals surface area contributed by atoms with Crippen LogP contribution in [0.3, 0.4) is 0 Å². The molecule has 0 unspecified atom stereocenters. The summed E-state index contributed by atoms with van der Waals surface area (Å²) in [5.41, 5.74) is 2.10. The van der Waals surface area contributed by atoms with Crippen LogP contribution in [0.25, 0.3) is 11.1 Å². The van der Waals surface area contributed by atoms with Crippen LogP contribution < -0.4 is 9.47 Å². The molecular weight excluding hydrogens is 555 g/mol. The molecule has 44 heavy (non-hydrogen) atoms. The Labute approximate surface area is 263 Å². The third-order valence-corrected chi connectivity index (χ3v) is 7.72. The Hall–Kier alpha value is -3.67. The zero-order chi connectivity index (χ0) is 31.6. The van der Waals surface area contributed by atoms with Crippen LogP contribution >= 0.6 is 0 Å². The van der Waals surface area contributed by atoms with E-state index in [9.17, 15) is 14.0 Å². The topological polar surface area (TPSA) is 61.8 Å². The standard InChI is InChI=1S/C38H49FO5/c1-4-6-8-10-11-12-13-15-27-42-33-23-21-31(22-24-33)30-17-19-32(20-18-30)37(40)44-34-25-26-35(36(39)28-34)38(41)43-29(3)16-14-9-7-5-2/h17-26,28-29H,4-16,27H2,1-3H3/t29-/m1/s1. The van der Waals surface area contributed by atoms with Gasteiger partial charge in [0, 0.05) is 6.07 Å². The predicted molar refractivity (Wildman–Crippen MR) is 175 cm³/mol. The molecule has 0 radical (unpaired) electrons. The van der Waals surface area contributed by atoms with E-state index >= 15 is 0 Å². The van der Waals surface area contributed by atoms with Gasteiger partial charge in [-0.1, -0.05) is 102 Å². The van der Waals surface area contributed by atoms with Crippen molar-refractivity contribution < 1.29 is 28.2 Å². The summed E-state index contributed by atoms with van der Waals surface area (Å²) in [6, 6.07) is 18.7. The van der Waals surface area contributed by atoms with Crippen LogP contribution in [-0.4, -0.2) is 24.6 Å². The van der Waals surface area contributed by atoms with E-state index in [2.05, 4.69) is 13.8 Å². The highest BCUT2D eigenvalue weighted by molar-refractivity contribution is 5.92. The molecule has 0 aliphatic rings. The second-order valence-electron chi connectivity index (χ2n) is 11.5. The number of rotatable bonds is 20. The molecule has 5 nitrogen and oxygen atoms in total. The smallest absolute Gasteiger partial charge is 0.343 e. The number of carbonyl (C=O) groups is 2. The minimum Gasteiger partial charge on any atom is -0.494 e. The van der Waals surface area contributed by atoms with Gasteiger partial charge in [0.05, 0.1) is 23.8 Å². The summed E-state index contributed by atoms with van der Waals surface area (Å²) in [7, 11) is 0. The molecule has 1 atom stereocenters. The van der Waals surface area contributed by atoms with E-state index in [1.807, 2.05) is 43.3 Å². The molecule has 238 valence electrons. The van der Waals surface area contributed by atoms with Gasteiger partial charge in [-0.15, -0.1) is 0 Å². The van der Waals surface area contributed by atoms with Gasteiger partial charge >= 0.3 is 11.9 Å². The molecule has 0 aromatic heterocycles. The number of halogens is 1. The molecule has 0 bridgehead atoms. The van der Waals surface area contributed by atoms with Crippen LogP contribution in [0.4, 0.5) is 4.39 Å². The summed E-state index contributed by atoms with van der Waals surface area (Å²) in [5, 5.41) is 0. The van der Waals surface area contributed by atoms with Crippen molar-refractivity contribution in [3.63, 3.8) is 0 Å². The molecule has 0 aliphatic heterocycles. The van der Waals surface area contributed by atoms with Crippen molar-refractivity contribution in [1.82, 2.24) is 0 Å². The highest BCUT2D eigenvalue weighted by Crippen LogP contribution is 2.25. The largest absolute Gasteiger partial charge is 0.494 e. The average Bonchev–Trinajstić information content (AvgIpc) is 3.02. The van der Waals surface area contributed by atoms with Gasteiger partial charge < -0.3 is 14.2 Å². The zero-order valence-corrected chi connectivity index (χ0v) is 26.7. The van der Waals surface area contributed by atoms with Crippen molar-refractivity contribution in [2.45, 2.75) is 110 Å². The Bertz CT molecular complexity index is 1270. The summed E-state index contributed by atoms with van der Waals surface area (Å²) in [4.78, 5) is 25.1. The first-order valence-corrected chi connectivity index (χ1v) is 16.5. The van der Waals surface area contributed by atoms with Gasteiger partial charge in [-0.2, -0.15) is 0 Å². The number of ether oxygens (including phenoxy) is 3. The van der Waals surface area contributed by atoms with Gasteiger partial charge in [0.15, 0.2) is 0 Å². The zero-order valence-electron chi connectivity index (χ0n) is 26.7. The minimum absolute atomic E-state index is 0.0169. The minimum atomic E-state index is -0.793. The van der Waals surface area contributed by atoms with Crippen molar-refractivity contribution in [2.24, 2.45) is 0 Å². The maximum absolute atomic E-state index is 14.7. The fourth-order valence-corrected chi connectivity index (χ4v) is 5.02. The first-order valence-electron chi connectivity index (χ1n) is 16.5. The monoisotopic (exact) mass is 604 g/mol. The maximum Gasteiger partial charge on any atom is 0.343 e. The summed E-state index contributed by atoms with van der Waals surface area (Å²) >= 11 is 0. The lowest BCUT2D eigenvalue weighted by Gasteiger charge is -2.14. The van der Waals surface area contributed by atoms with Crippen molar-refractivity contribution in [1.29, 1.82) is 0 Å². The summed E-state index contributed by atoms with van der Waals surface area (Å²) in [6.45, 7) is 6.91. The fourth-order valence-electron chi connectivity index (χ4n) is 5.02. The third kappa shape index (κ3) is 12.1. The van der Waals surface area contributed by atoms with Crippen molar-refractivity contribution in [3.8, 4) is 22.6 Å². The Morgan fingerprint density at radius 2 is 1.20 bits per heavy atom. The molecular formula is C38H49FO5. The summed E-state index contributed by atoms with van der Waals surface area (Å²) < 4.78 is 31.4. The van der Waals surface area contributed by atoms with Crippen LogP contribution in [-0.2, 0) is 4.74 Å². The Morgan fingerprint density at radius 1 is 0.659 bits per heavy atom. The molecule has 6 heteroatoms. The van der Waals surface area contributed by atoms with Crippen LogP contribution in [0.2, 0.25) is 0 Å². The van der Waals surface area contributed by atoms with Gasteiger partial charge in [0.2, 0.25) is 0 Å². The van der Waals surface area contributed by atoms with E-state index in [4.69, 9.17) is 14.2 Å². The van der Waals surface area contributed by atoms with E-state index in [1.165, 1.54) is 57.1 Å². The van der Waals surface area contributed by atoms with Crippen molar-refractivity contribution in [3.05, 3.63) is 83.7 Å². The van der Waals surface area contributed by atoms with E-state index in [-0.39, 0.29) is 17.4 Å². The van der Waals surface area contributed by atoms with Crippen LogP contribution in [0.15, 0.2) is 66.7 Å². The van der Waals surface area contributed by atoms with Gasteiger partial charge in [-0.3, -0.25) is 0 Å². The Balaban J connectivity index is 1.44. The molecule has 0 spiro atoms. The highest BCUT2D eigenvalue weighted by Gasteiger charge is 2.18. The lowest BCUT2D eigenvalue weighted by atomic mass is 10.0. The van der Waals surface area contributed by atoms with E-state index < -0.39 is 17.8 Å². The molecule has 0 fully saturated rings. The third-order valence-electron chi connectivity index (χ3n) is 7.72. The van der Waals surface area contributed by atoms with Gasteiger partial charge in [-0.05, 0) is 73.7 Å². The van der Waals surface area contributed by atoms with E-state index in [0.717, 1.165) is 68.1 Å². The van der Waals surface area contributed by atoms with Crippen molar-refractivity contribution >= 4 is 11.9 Å². The predicted octanol–water partition coefficient (Wildman–Crippen LogP) is 10.7. The van der Waals surface area contributed by atoms with Gasteiger partial charge in [-0.25, -0.2) is 14.0 Å². The summed E-state index contributed by atoms with van der Waals surface area (Å²) in [6.07, 6.45) is 14.9. The number of hydrogen-bond donors (Lipinski definition) is 0. The van der Waals surface area contributed by atoms with E-state index in [1.54, 1.807) is 12.1 Å². The van der Waals surface area contributed by atoms with Gasteiger partial charge in [0.25, 0.3) is 0 Å². The molecule has 0 N–H and O–H groups in total. The highest BCUT2D eigenvalue weighted by atomic mass is 19.1. The molecule has 3 rings (SSSR count). The maximum atomic E-state index is 14.7. The quantitative estimate of drug-likeness (QED) is 0.0729. The number of carbonyl (C=O) groups excluding carboxylic acids is 2. The molecule has 3 aromatic carbocycles.